The lowest BCUT2D eigenvalue weighted by molar-refractivity contribution is -0.156. The second-order valence-electron chi connectivity index (χ2n) is 15.8. The number of ether oxygens (including phenoxy) is 3. The maximum absolute atomic E-state index is 13.6. The second-order valence-corrected chi connectivity index (χ2v) is 19.6. The monoisotopic (exact) mass is 678 g/mol. The topological polar surface area (TPSA) is 79.8 Å². The van der Waals surface area contributed by atoms with Gasteiger partial charge in [-0.25, -0.2) is 0 Å². The van der Waals surface area contributed by atoms with E-state index in [0.717, 1.165) is 72.7 Å². The summed E-state index contributed by atoms with van der Waals surface area (Å²) in [5.74, 6) is -0.323. The molecular weight excluding hydrogens is 629 g/mol. The number of rotatable bonds is 5. The van der Waals surface area contributed by atoms with Crippen molar-refractivity contribution in [2.45, 2.75) is 127 Å². The van der Waals surface area contributed by atoms with Crippen LogP contribution in [0.3, 0.4) is 0 Å². The Kier molecular flexibility index (Phi) is 8.84. The van der Waals surface area contributed by atoms with E-state index in [9.17, 15) is 18.0 Å². The third kappa shape index (κ3) is 6.23. The van der Waals surface area contributed by atoms with Crippen molar-refractivity contribution in [3.8, 4) is 0 Å². The number of nitrogens with zero attached hydrogens (tertiary/aromatic N) is 2. The van der Waals surface area contributed by atoms with Crippen molar-refractivity contribution in [3.63, 3.8) is 0 Å². The number of hydrogen-bond donors (Lipinski definition) is 0. The van der Waals surface area contributed by atoms with Crippen molar-refractivity contribution in [1.82, 2.24) is 9.97 Å². The summed E-state index contributed by atoms with van der Waals surface area (Å²) in [7, 11) is -1.61. The van der Waals surface area contributed by atoms with E-state index in [4.69, 9.17) is 23.4 Å². The summed E-state index contributed by atoms with van der Waals surface area (Å²) in [6, 6.07) is 2.54. The number of halogens is 3. The van der Waals surface area contributed by atoms with Gasteiger partial charge in [-0.3, -0.25) is 14.8 Å². The van der Waals surface area contributed by atoms with Gasteiger partial charge in [-0.15, -0.1) is 10.3 Å². The highest BCUT2D eigenvalue weighted by Crippen LogP contribution is 2.65. The van der Waals surface area contributed by atoms with Crippen LogP contribution in [0.5, 0.6) is 0 Å². The predicted octanol–water partition coefficient (Wildman–Crippen LogP) is 9.15. The fourth-order valence-electron chi connectivity index (χ4n) is 7.79. The summed E-state index contributed by atoms with van der Waals surface area (Å²) in [4.78, 5) is 22.0. The fraction of sp³-hybridized carbons (Fsp3) is 0.694. The molecular formula is C36H49F3N2O5S. The van der Waals surface area contributed by atoms with E-state index >= 15 is 0 Å². The Labute approximate surface area is 278 Å². The molecule has 4 aliphatic rings. The van der Waals surface area contributed by atoms with Crippen LogP contribution in [-0.2, 0) is 35.0 Å². The van der Waals surface area contributed by atoms with Crippen molar-refractivity contribution in [2.24, 2.45) is 5.41 Å². The summed E-state index contributed by atoms with van der Waals surface area (Å²) >= 11 is 0. The van der Waals surface area contributed by atoms with Crippen LogP contribution in [0.2, 0.25) is 0 Å². The van der Waals surface area contributed by atoms with Crippen LogP contribution >= 0.6 is 10.3 Å². The van der Waals surface area contributed by atoms with Crippen LogP contribution < -0.4 is 0 Å². The van der Waals surface area contributed by atoms with Gasteiger partial charge < -0.3 is 18.4 Å². The summed E-state index contributed by atoms with van der Waals surface area (Å²) in [6.07, 6.45) is 5.17. The number of pyridine rings is 2. The van der Waals surface area contributed by atoms with E-state index in [0.29, 0.717) is 25.2 Å². The highest BCUT2D eigenvalue weighted by molar-refractivity contribution is 8.29. The molecule has 3 unspecified atom stereocenters. The third-order valence-corrected chi connectivity index (χ3v) is 14.6. The molecule has 0 aromatic carbocycles. The quantitative estimate of drug-likeness (QED) is 0.292. The Morgan fingerprint density at radius 2 is 1.68 bits per heavy atom. The maximum Gasteiger partial charge on any atom is 0.433 e. The molecule has 11 heteroatoms. The number of alkyl halides is 3. The minimum Gasteiger partial charge on any atom is -0.455 e. The zero-order valence-electron chi connectivity index (χ0n) is 28.9. The molecule has 7 nitrogen and oxygen atoms in total. The molecule has 3 atom stereocenters. The number of esters is 1. The summed E-state index contributed by atoms with van der Waals surface area (Å²) in [5, 5.41) is 0. The molecule has 0 radical (unpaired) electrons. The molecule has 0 N–H and O–H groups in total. The molecule has 4 heterocycles. The first-order chi connectivity index (χ1) is 21.8. The van der Waals surface area contributed by atoms with E-state index in [1.807, 2.05) is 0 Å². The van der Waals surface area contributed by atoms with Gasteiger partial charge in [-0.1, -0.05) is 53.5 Å². The molecule has 1 spiro atoms. The van der Waals surface area contributed by atoms with Gasteiger partial charge in [0.1, 0.15) is 17.9 Å². The normalized spacial score (nSPS) is 26.2. The Balaban J connectivity index is 1.65. The minimum atomic E-state index is -4.54. The fourth-order valence-corrected chi connectivity index (χ4v) is 8.82. The molecule has 1 saturated carbocycles. The molecule has 2 aromatic heterocycles. The third-order valence-electron chi connectivity index (χ3n) is 10.9. The SMILES string of the molecule is CC(=O)OC1c2nc(C3CCOCC3)c3c(c2C(OS(C)(C)C(C)(C)C)CC1(C)C)C1(CCCC1)OC3c1ccc(C(F)(F)F)nc1. The summed E-state index contributed by atoms with van der Waals surface area (Å²) < 4.78 is 66.9. The second kappa shape index (κ2) is 12.0. The molecule has 6 rings (SSSR count). The average molecular weight is 679 g/mol. The van der Waals surface area contributed by atoms with E-state index < -0.39 is 45.4 Å². The van der Waals surface area contributed by atoms with Gasteiger partial charge in [-0.2, -0.15) is 13.2 Å². The zero-order chi connectivity index (χ0) is 34.2. The van der Waals surface area contributed by atoms with Gasteiger partial charge in [0.2, 0.25) is 0 Å². The van der Waals surface area contributed by atoms with Crippen molar-refractivity contribution in [3.05, 3.63) is 57.7 Å². The zero-order valence-corrected chi connectivity index (χ0v) is 29.7. The van der Waals surface area contributed by atoms with Crippen molar-refractivity contribution >= 4 is 16.3 Å². The van der Waals surface area contributed by atoms with Gasteiger partial charge in [0.15, 0.2) is 0 Å². The van der Waals surface area contributed by atoms with Crippen LogP contribution in [0.15, 0.2) is 18.3 Å². The molecule has 2 aliphatic heterocycles. The number of carbonyl (C=O) groups is 1. The highest BCUT2D eigenvalue weighted by atomic mass is 32.3. The van der Waals surface area contributed by atoms with Gasteiger partial charge in [0.25, 0.3) is 0 Å². The van der Waals surface area contributed by atoms with Crippen LogP contribution in [-0.4, -0.2) is 46.4 Å². The van der Waals surface area contributed by atoms with Gasteiger partial charge in [0.05, 0.1) is 23.1 Å². The first-order valence-electron chi connectivity index (χ1n) is 16.8. The number of fused-ring (bicyclic) bond motifs is 4. The Bertz CT molecular complexity index is 1510. The molecule has 2 aliphatic carbocycles. The standard InChI is InChI=1S/C36H49F3N2O5S/c1-21(42)44-32-30-26(24(19-34(32,5)6)46-47(7,8)33(2,3)4)28-27(29(41-30)22-13-17-43-18-14-22)31(45-35(28)15-9-10-16-35)23-11-12-25(40-20-23)36(37,38)39/h11-12,20,22,24,31-32H,9-10,13-19H2,1-8H3. The highest BCUT2D eigenvalue weighted by Gasteiger charge is 2.56. The van der Waals surface area contributed by atoms with Crippen LogP contribution in [0.4, 0.5) is 13.2 Å². The van der Waals surface area contributed by atoms with E-state index in [1.54, 1.807) is 0 Å². The lowest BCUT2D eigenvalue weighted by atomic mass is 9.68. The maximum atomic E-state index is 13.6. The van der Waals surface area contributed by atoms with Crippen LogP contribution in [0.25, 0.3) is 0 Å². The number of hydrogen-bond acceptors (Lipinski definition) is 7. The number of carbonyl (C=O) groups excluding carboxylic acids is 1. The van der Waals surface area contributed by atoms with Gasteiger partial charge in [0, 0.05) is 59.1 Å². The van der Waals surface area contributed by atoms with Crippen LogP contribution in [0, 0.1) is 5.41 Å². The average Bonchev–Trinajstić information content (AvgIpc) is 3.58. The predicted molar refractivity (Wildman–Crippen MR) is 175 cm³/mol. The van der Waals surface area contributed by atoms with Crippen molar-refractivity contribution in [2.75, 3.05) is 25.7 Å². The lowest BCUT2D eigenvalue weighted by Gasteiger charge is -2.50. The van der Waals surface area contributed by atoms with E-state index in [1.165, 1.54) is 19.2 Å². The Morgan fingerprint density at radius 1 is 1.02 bits per heavy atom. The van der Waals surface area contributed by atoms with E-state index in [-0.39, 0.29) is 22.7 Å². The molecule has 2 aromatic rings. The van der Waals surface area contributed by atoms with Crippen molar-refractivity contribution < 1.29 is 36.4 Å². The largest absolute Gasteiger partial charge is 0.455 e. The molecule has 47 heavy (non-hydrogen) atoms. The minimum absolute atomic E-state index is 0.0480. The molecule has 2 fully saturated rings. The molecule has 1 saturated heterocycles. The first-order valence-corrected chi connectivity index (χ1v) is 19.2. The molecule has 0 bridgehead atoms. The lowest BCUT2D eigenvalue weighted by Crippen LogP contribution is -2.39. The Hall–Kier alpha value is -2.21. The Morgan fingerprint density at radius 3 is 2.23 bits per heavy atom. The summed E-state index contributed by atoms with van der Waals surface area (Å²) in [6.45, 7) is 13.4. The number of aromatic nitrogens is 2. The van der Waals surface area contributed by atoms with Gasteiger partial charge >= 0.3 is 12.1 Å². The smallest absolute Gasteiger partial charge is 0.433 e. The van der Waals surface area contributed by atoms with E-state index in [2.05, 4.69) is 52.1 Å². The molecule has 260 valence electrons. The molecule has 0 amide bonds. The van der Waals surface area contributed by atoms with Crippen molar-refractivity contribution in [1.29, 1.82) is 0 Å². The first kappa shape index (κ1) is 34.6. The van der Waals surface area contributed by atoms with Crippen LogP contribution in [0.1, 0.15) is 150 Å². The van der Waals surface area contributed by atoms with Gasteiger partial charge in [-0.05, 0) is 56.2 Å². The summed E-state index contributed by atoms with van der Waals surface area (Å²) in [5.41, 5.74) is 3.00.